The van der Waals surface area contributed by atoms with Gasteiger partial charge in [0, 0.05) is 44.5 Å². The highest BCUT2D eigenvalue weighted by Gasteiger charge is 2.29. The van der Waals surface area contributed by atoms with Gasteiger partial charge >= 0.3 is 0 Å². The first-order valence-corrected chi connectivity index (χ1v) is 22.2. The van der Waals surface area contributed by atoms with Gasteiger partial charge in [-0.2, -0.15) is 0 Å². The van der Waals surface area contributed by atoms with Crippen molar-refractivity contribution >= 4 is 76.0 Å². The molecule has 0 saturated heterocycles. The molecule has 0 fully saturated rings. The van der Waals surface area contributed by atoms with Gasteiger partial charge in [-0.05, 0) is 129 Å². The van der Waals surface area contributed by atoms with Crippen molar-refractivity contribution in [3.63, 3.8) is 0 Å². The molecule has 0 unspecified atom stereocenters. The third kappa shape index (κ3) is 7.42. The average molecular weight is 897 g/mol. The summed E-state index contributed by atoms with van der Waals surface area (Å²) in [6, 6.07) is 21.4. The lowest BCUT2D eigenvalue weighted by Crippen LogP contribution is -2.01. The van der Waals surface area contributed by atoms with Crippen LogP contribution in [0.1, 0.15) is 76.3 Å². The highest BCUT2D eigenvalue weighted by Crippen LogP contribution is 2.50. The highest BCUT2D eigenvalue weighted by molar-refractivity contribution is 6.26. The molecule has 0 aromatic heterocycles. The third-order valence-corrected chi connectivity index (χ3v) is 13.0. The lowest BCUT2D eigenvalue weighted by molar-refractivity contribution is -0.383. The predicted molar refractivity (Wildman–Crippen MR) is 251 cm³/mol. The zero-order valence-corrected chi connectivity index (χ0v) is 36.1. The second kappa shape index (κ2) is 17.7. The van der Waals surface area contributed by atoms with Crippen molar-refractivity contribution in [2.75, 3.05) is 0 Å². The molecule has 66 heavy (non-hydrogen) atoms. The van der Waals surface area contributed by atoms with E-state index in [4.69, 9.17) is 0 Å². The van der Waals surface area contributed by atoms with Crippen LogP contribution in [0.2, 0.25) is 0 Å². The number of fused-ring (bicyclic) bond motifs is 6. The third-order valence-electron chi connectivity index (χ3n) is 13.0. The summed E-state index contributed by atoms with van der Waals surface area (Å²) in [6.07, 6.45) is 7.20. The zero-order chi connectivity index (χ0) is 46.6. The van der Waals surface area contributed by atoms with Gasteiger partial charge in [0.05, 0.1) is 20.6 Å². The Kier molecular flexibility index (Phi) is 11.8. The highest BCUT2D eigenvalue weighted by atomic mass is 19.1. The molecule has 334 valence electrons. The molecule has 9 rings (SSSR count). The fourth-order valence-electron chi connectivity index (χ4n) is 9.86. The molecule has 0 heterocycles. The van der Waals surface area contributed by atoms with E-state index < -0.39 is 66.9 Å². The predicted octanol–water partition coefficient (Wildman–Crippen LogP) is 16.8. The van der Waals surface area contributed by atoms with Gasteiger partial charge < -0.3 is 0 Å². The number of non-ortho nitro benzene ring substituents is 2. The van der Waals surface area contributed by atoms with Crippen molar-refractivity contribution in [1.82, 2.24) is 0 Å². The number of benzene rings is 9. The minimum Gasteiger partial charge on any atom is -0.258 e. The SMILES string of the molecule is CCCCCCc1ccc([N+](=O)[O-])c2c(F)c3cc4c(-c5ccc(F)cc5)c5cc6c(F)c7c(CCCCCC)ccc([N+](=O)[O-])c7c(F)c6cc5c(-c5ccc(F)cc5)c4cc3c(F)c12. The van der Waals surface area contributed by atoms with Gasteiger partial charge in [-0.15, -0.1) is 0 Å². The van der Waals surface area contributed by atoms with Crippen molar-refractivity contribution in [3.05, 3.63) is 163 Å². The number of hydrogen-bond donors (Lipinski definition) is 0. The molecule has 0 aliphatic heterocycles. The smallest absolute Gasteiger partial charge is 0.258 e. The molecule has 0 spiro atoms. The Balaban J connectivity index is 1.49. The summed E-state index contributed by atoms with van der Waals surface area (Å²) in [5.74, 6) is -5.05. The van der Waals surface area contributed by atoms with Gasteiger partial charge in [0.15, 0.2) is 0 Å². The molecule has 9 aromatic rings. The monoisotopic (exact) mass is 896 g/mol. The summed E-state index contributed by atoms with van der Waals surface area (Å²) in [5.41, 5.74) is 0.822. The number of rotatable bonds is 14. The van der Waals surface area contributed by atoms with Crippen molar-refractivity contribution < 1.29 is 36.2 Å². The van der Waals surface area contributed by atoms with E-state index in [1.807, 2.05) is 13.8 Å². The van der Waals surface area contributed by atoms with Crippen LogP contribution in [0, 0.1) is 55.1 Å². The number of nitro groups is 2. The number of aryl methyl sites for hydroxylation is 2. The molecule has 0 amide bonds. The Bertz CT molecular complexity index is 3240. The fourth-order valence-corrected chi connectivity index (χ4v) is 9.86. The molecule has 9 aromatic carbocycles. The molecule has 0 aliphatic carbocycles. The maximum absolute atomic E-state index is 17.5. The summed E-state index contributed by atoms with van der Waals surface area (Å²) < 4.78 is 99.1. The summed E-state index contributed by atoms with van der Waals surface area (Å²) in [6.45, 7) is 4.07. The maximum atomic E-state index is 17.5. The van der Waals surface area contributed by atoms with Gasteiger partial charge in [0.25, 0.3) is 11.4 Å². The quantitative estimate of drug-likeness (QED) is 0.0358. The van der Waals surface area contributed by atoms with Crippen molar-refractivity contribution in [2.24, 2.45) is 0 Å². The summed E-state index contributed by atoms with van der Waals surface area (Å²) >= 11 is 0. The average Bonchev–Trinajstić information content (AvgIpc) is 3.31. The second-order valence-electron chi connectivity index (χ2n) is 17.0. The Hall–Kier alpha value is -7.08. The Labute approximate surface area is 374 Å². The Morgan fingerprint density at radius 2 is 0.712 bits per heavy atom. The number of unbranched alkanes of at least 4 members (excludes halogenated alkanes) is 6. The van der Waals surface area contributed by atoms with Crippen LogP contribution >= 0.6 is 0 Å². The summed E-state index contributed by atoms with van der Waals surface area (Å²) in [7, 11) is 0. The van der Waals surface area contributed by atoms with Crippen molar-refractivity contribution in [2.45, 2.75) is 78.1 Å². The van der Waals surface area contributed by atoms with Gasteiger partial charge in [-0.1, -0.05) is 88.8 Å². The van der Waals surface area contributed by atoms with E-state index in [1.165, 1.54) is 97.1 Å². The normalized spacial score (nSPS) is 11.9. The molecule has 0 radical (unpaired) electrons. The molecule has 6 nitrogen and oxygen atoms in total. The first-order chi connectivity index (χ1) is 31.8. The van der Waals surface area contributed by atoms with Gasteiger partial charge in [0.1, 0.15) is 34.9 Å². The van der Waals surface area contributed by atoms with E-state index in [2.05, 4.69) is 0 Å². The summed E-state index contributed by atoms with van der Waals surface area (Å²) in [4.78, 5) is 23.4. The Morgan fingerprint density at radius 3 is 1.02 bits per heavy atom. The first kappa shape index (κ1) is 44.1. The Morgan fingerprint density at radius 1 is 0.394 bits per heavy atom. The molecule has 0 saturated carbocycles. The fraction of sp³-hybridized carbons (Fsp3) is 0.222. The zero-order valence-electron chi connectivity index (χ0n) is 36.1. The molecular formula is C54H42F6N2O4. The van der Waals surface area contributed by atoms with Crippen LogP contribution in [0.15, 0.2) is 97.1 Å². The first-order valence-electron chi connectivity index (χ1n) is 22.2. The van der Waals surface area contributed by atoms with Crippen LogP contribution < -0.4 is 0 Å². The molecule has 12 heteroatoms. The van der Waals surface area contributed by atoms with Gasteiger partial charge in [-0.25, -0.2) is 26.3 Å². The lowest BCUT2D eigenvalue weighted by atomic mass is 9.82. The van der Waals surface area contributed by atoms with Crippen LogP contribution in [0.3, 0.4) is 0 Å². The van der Waals surface area contributed by atoms with Gasteiger partial charge in [0.2, 0.25) is 0 Å². The van der Waals surface area contributed by atoms with Gasteiger partial charge in [-0.3, -0.25) is 20.2 Å². The molecule has 0 N–H and O–H groups in total. The standard InChI is InChI=1S/C54H42F6N2O4/c1-3-5-7-9-11-29-17-23-43(61(63)64)49-47(29)51(57)39-25-35-37(27-41(39)53(49)59)46(32-15-21-34(56)22-16-32)36-26-40-42(28-38(36)45(35)31-13-19-33(55)20-14-31)54(60)50-44(62(65)66)24-18-30(48(50)52(40)58)12-10-8-6-4-2/h13-28H,3-12H2,1-2H3. The topological polar surface area (TPSA) is 86.3 Å². The maximum Gasteiger partial charge on any atom is 0.280 e. The van der Waals surface area contributed by atoms with E-state index in [-0.39, 0.29) is 65.0 Å². The van der Waals surface area contributed by atoms with E-state index in [9.17, 15) is 29.0 Å². The number of halogens is 6. The molecule has 0 aliphatic rings. The molecule has 0 bridgehead atoms. The molecule has 0 atom stereocenters. The number of nitrogens with zero attached hydrogens (tertiary/aromatic N) is 2. The lowest BCUT2D eigenvalue weighted by Gasteiger charge is -2.21. The van der Waals surface area contributed by atoms with Crippen LogP contribution in [0.25, 0.3) is 86.9 Å². The number of hydrogen-bond acceptors (Lipinski definition) is 4. The van der Waals surface area contributed by atoms with Crippen molar-refractivity contribution in [3.8, 4) is 22.3 Å². The molecular weight excluding hydrogens is 855 g/mol. The van der Waals surface area contributed by atoms with E-state index in [1.54, 1.807) is 0 Å². The second-order valence-corrected chi connectivity index (χ2v) is 17.0. The van der Waals surface area contributed by atoms with Crippen LogP contribution in [0.5, 0.6) is 0 Å². The minimum absolute atomic E-state index is 0.221. The van der Waals surface area contributed by atoms with E-state index in [0.29, 0.717) is 47.9 Å². The van der Waals surface area contributed by atoms with Crippen LogP contribution in [0.4, 0.5) is 37.7 Å². The van der Waals surface area contributed by atoms with E-state index >= 15 is 17.6 Å². The van der Waals surface area contributed by atoms with Crippen molar-refractivity contribution in [1.29, 1.82) is 0 Å². The summed E-state index contributed by atoms with van der Waals surface area (Å²) in [5, 5.41) is 23.4. The number of nitro benzene ring substituents is 2. The largest absolute Gasteiger partial charge is 0.280 e. The van der Waals surface area contributed by atoms with Crippen LogP contribution in [-0.2, 0) is 12.8 Å². The van der Waals surface area contributed by atoms with Crippen LogP contribution in [-0.4, -0.2) is 9.85 Å². The van der Waals surface area contributed by atoms with E-state index in [0.717, 1.165) is 38.5 Å². The minimum atomic E-state index is -1.04.